The standard InChI is InChI=1S/C13H15ClN2O2S/c1-13(2,7-14)11(17)16-12-15-9-5-4-8(18-3)6-10(9)19-12/h4-6H,7H2,1-3H3,(H,15,16,17). The molecule has 1 amide bonds. The zero-order valence-corrected chi connectivity index (χ0v) is 12.6. The molecule has 0 unspecified atom stereocenters. The molecule has 0 atom stereocenters. The predicted octanol–water partition coefficient (Wildman–Crippen LogP) is 3.51. The van der Waals surface area contributed by atoms with Gasteiger partial charge in [-0.2, -0.15) is 0 Å². The lowest BCUT2D eigenvalue weighted by Gasteiger charge is -2.18. The quantitative estimate of drug-likeness (QED) is 0.879. The number of rotatable bonds is 4. The third-order valence-electron chi connectivity index (χ3n) is 2.76. The van der Waals surface area contributed by atoms with Gasteiger partial charge in [-0.05, 0) is 32.0 Å². The number of benzene rings is 1. The SMILES string of the molecule is COc1ccc2nc(NC(=O)C(C)(C)CCl)sc2c1. The molecular weight excluding hydrogens is 284 g/mol. The number of thiazole rings is 1. The van der Waals surface area contributed by atoms with Crippen LogP contribution in [0.25, 0.3) is 10.2 Å². The van der Waals surface area contributed by atoms with Crippen LogP contribution in [-0.2, 0) is 4.79 Å². The maximum absolute atomic E-state index is 12.0. The fourth-order valence-electron chi connectivity index (χ4n) is 1.41. The van der Waals surface area contributed by atoms with Gasteiger partial charge >= 0.3 is 0 Å². The number of methoxy groups -OCH3 is 1. The van der Waals surface area contributed by atoms with Crippen LogP contribution in [0, 0.1) is 5.41 Å². The molecule has 1 aromatic heterocycles. The zero-order chi connectivity index (χ0) is 14.0. The summed E-state index contributed by atoms with van der Waals surface area (Å²) in [6.45, 7) is 3.59. The first-order valence-corrected chi connectivity index (χ1v) is 7.13. The Bertz CT molecular complexity index is 610. The molecule has 102 valence electrons. The first-order valence-electron chi connectivity index (χ1n) is 5.78. The van der Waals surface area contributed by atoms with Crippen LogP contribution in [0.15, 0.2) is 18.2 Å². The number of hydrogen-bond donors (Lipinski definition) is 1. The largest absolute Gasteiger partial charge is 0.497 e. The molecule has 4 nitrogen and oxygen atoms in total. The Morgan fingerprint density at radius 2 is 2.26 bits per heavy atom. The number of aromatic nitrogens is 1. The van der Waals surface area contributed by atoms with E-state index in [1.54, 1.807) is 21.0 Å². The summed E-state index contributed by atoms with van der Waals surface area (Å²) in [6.07, 6.45) is 0. The normalized spacial score (nSPS) is 11.6. The van der Waals surface area contributed by atoms with Crippen molar-refractivity contribution in [2.45, 2.75) is 13.8 Å². The number of amides is 1. The Hall–Kier alpha value is -1.33. The second-order valence-corrected chi connectivity index (χ2v) is 6.12. The van der Waals surface area contributed by atoms with Crippen LogP contribution >= 0.6 is 22.9 Å². The predicted molar refractivity (Wildman–Crippen MR) is 79.3 cm³/mol. The molecular formula is C13H15ClN2O2S. The molecule has 19 heavy (non-hydrogen) atoms. The molecule has 0 saturated heterocycles. The van der Waals surface area contributed by atoms with Gasteiger partial charge in [0.25, 0.3) is 0 Å². The minimum absolute atomic E-state index is 0.131. The van der Waals surface area contributed by atoms with Crippen molar-refractivity contribution in [2.24, 2.45) is 5.41 Å². The minimum Gasteiger partial charge on any atom is -0.497 e. The van der Waals surface area contributed by atoms with E-state index in [4.69, 9.17) is 16.3 Å². The van der Waals surface area contributed by atoms with Crippen molar-refractivity contribution >= 4 is 44.2 Å². The summed E-state index contributed by atoms with van der Waals surface area (Å²) in [5.41, 5.74) is 0.224. The van der Waals surface area contributed by atoms with E-state index in [2.05, 4.69) is 10.3 Å². The van der Waals surface area contributed by atoms with Crippen molar-refractivity contribution in [1.82, 2.24) is 4.98 Å². The molecule has 0 aliphatic carbocycles. The van der Waals surface area contributed by atoms with E-state index in [0.29, 0.717) is 5.13 Å². The lowest BCUT2D eigenvalue weighted by atomic mass is 9.95. The third kappa shape index (κ3) is 2.98. The van der Waals surface area contributed by atoms with Gasteiger partial charge in [0.05, 0.1) is 22.7 Å². The van der Waals surface area contributed by atoms with Crippen LogP contribution in [0.4, 0.5) is 5.13 Å². The lowest BCUT2D eigenvalue weighted by molar-refractivity contribution is -0.122. The number of ether oxygens (including phenoxy) is 1. The maximum Gasteiger partial charge on any atom is 0.233 e. The number of nitrogens with one attached hydrogen (secondary N) is 1. The van der Waals surface area contributed by atoms with Gasteiger partial charge in [0.2, 0.25) is 5.91 Å². The van der Waals surface area contributed by atoms with Crippen molar-refractivity contribution in [2.75, 3.05) is 18.3 Å². The Morgan fingerprint density at radius 1 is 1.53 bits per heavy atom. The summed E-state index contributed by atoms with van der Waals surface area (Å²) in [4.78, 5) is 16.4. The van der Waals surface area contributed by atoms with Crippen molar-refractivity contribution in [1.29, 1.82) is 0 Å². The van der Waals surface area contributed by atoms with E-state index in [-0.39, 0.29) is 11.8 Å². The van der Waals surface area contributed by atoms with Gasteiger partial charge in [-0.3, -0.25) is 4.79 Å². The number of anilines is 1. The maximum atomic E-state index is 12.0. The fraction of sp³-hybridized carbons (Fsp3) is 0.385. The summed E-state index contributed by atoms with van der Waals surface area (Å²) in [5, 5.41) is 3.38. The highest BCUT2D eigenvalue weighted by atomic mass is 35.5. The smallest absolute Gasteiger partial charge is 0.233 e. The van der Waals surface area contributed by atoms with Crippen molar-refractivity contribution in [3.05, 3.63) is 18.2 Å². The molecule has 0 aliphatic heterocycles. The van der Waals surface area contributed by atoms with Crippen LogP contribution in [0.2, 0.25) is 0 Å². The molecule has 6 heteroatoms. The topological polar surface area (TPSA) is 51.2 Å². The van der Waals surface area contributed by atoms with Crippen LogP contribution in [-0.4, -0.2) is 23.9 Å². The molecule has 0 radical (unpaired) electrons. The first-order chi connectivity index (χ1) is 8.96. The van der Waals surface area contributed by atoms with Gasteiger partial charge in [-0.1, -0.05) is 11.3 Å². The van der Waals surface area contributed by atoms with Gasteiger partial charge in [-0.25, -0.2) is 4.98 Å². The van der Waals surface area contributed by atoms with E-state index < -0.39 is 5.41 Å². The van der Waals surface area contributed by atoms with Gasteiger partial charge in [0.1, 0.15) is 5.75 Å². The molecule has 2 aromatic rings. The highest BCUT2D eigenvalue weighted by molar-refractivity contribution is 7.22. The Kier molecular flexibility index (Phi) is 3.96. The number of hydrogen-bond acceptors (Lipinski definition) is 4. The van der Waals surface area contributed by atoms with Gasteiger partial charge in [-0.15, -0.1) is 11.6 Å². The van der Waals surface area contributed by atoms with Gasteiger partial charge < -0.3 is 10.1 Å². The monoisotopic (exact) mass is 298 g/mol. The van der Waals surface area contributed by atoms with E-state index >= 15 is 0 Å². The molecule has 0 aliphatic rings. The molecule has 2 rings (SSSR count). The number of fused-ring (bicyclic) bond motifs is 1. The summed E-state index contributed by atoms with van der Waals surface area (Å²) >= 11 is 7.19. The molecule has 0 bridgehead atoms. The number of nitrogens with zero attached hydrogens (tertiary/aromatic N) is 1. The van der Waals surface area contributed by atoms with Crippen LogP contribution in [0.5, 0.6) is 5.75 Å². The van der Waals surface area contributed by atoms with Crippen LogP contribution in [0.3, 0.4) is 0 Å². The Balaban J connectivity index is 2.25. The summed E-state index contributed by atoms with van der Waals surface area (Å²) in [5.74, 6) is 0.904. The van der Waals surface area contributed by atoms with E-state index in [1.807, 2.05) is 18.2 Å². The van der Waals surface area contributed by atoms with Gasteiger partial charge in [0, 0.05) is 5.88 Å². The van der Waals surface area contributed by atoms with Crippen LogP contribution in [0.1, 0.15) is 13.8 Å². The summed E-state index contributed by atoms with van der Waals surface area (Å²) in [7, 11) is 1.62. The van der Waals surface area contributed by atoms with E-state index in [1.165, 1.54) is 11.3 Å². The molecule has 0 fully saturated rings. The summed E-state index contributed by atoms with van der Waals surface area (Å²) in [6, 6.07) is 5.61. The second-order valence-electron chi connectivity index (χ2n) is 4.82. The highest BCUT2D eigenvalue weighted by Gasteiger charge is 2.27. The number of carbonyl (C=O) groups is 1. The zero-order valence-electron chi connectivity index (χ0n) is 11.0. The first kappa shape index (κ1) is 14.1. The molecule has 0 saturated carbocycles. The average molecular weight is 299 g/mol. The van der Waals surface area contributed by atoms with Gasteiger partial charge in [0.15, 0.2) is 5.13 Å². The Morgan fingerprint density at radius 3 is 2.89 bits per heavy atom. The van der Waals surface area contributed by atoms with Crippen molar-refractivity contribution < 1.29 is 9.53 Å². The average Bonchev–Trinajstić information content (AvgIpc) is 2.79. The molecule has 0 spiro atoms. The third-order valence-corrected chi connectivity index (χ3v) is 4.37. The van der Waals surface area contributed by atoms with E-state index in [9.17, 15) is 4.79 Å². The lowest BCUT2D eigenvalue weighted by Crippen LogP contribution is -2.32. The number of alkyl halides is 1. The highest BCUT2D eigenvalue weighted by Crippen LogP contribution is 2.30. The minimum atomic E-state index is -0.614. The van der Waals surface area contributed by atoms with Crippen LogP contribution < -0.4 is 10.1 Å². The fourth-order valence-corrected chi connectivity index (χ4v) is 2.42. The molecule has 1 N–H and O–H groups in total. The van der Waals surface area contributed by atoms with E-state index in [0.717, 1.165) is 16.0 Å². The van der Waals surface area contributed by atoms with Crippen molar-refractivity contribution in [3.63, 3.8) is 0 Å². The van der Waals surface area contributed by atoms with Crippen molar-refractivity contribution in [3.8, 4) is 5.75 Å². The number of carbonyl (C=O) groups excluding carboxylic acids is 1. The number of halogens is 1. The summed E-state index contributed by atoms with van der Waals surface area (Å²) < 4.78 is 6.13. The molecule has 1 heterocycles. The molecule has 1 aromatic carbocycles. The second kappa shape index (κ2) is 5.35. The Labute approximate surface area is 120 Å².